The van der Waals surface area contributed by atoms with E-state index in [1.54, 1.807) is 0 Å². The van der Waals surface area contributed by atoms with Crippen LogP contribution < -0.4 is 0 Å². The van der Waals surface area contributed by atoms with Crippen molar-refractivity contribution in [3.8, 4) is 0 Å². The second-order valence-electron chi connectivity index (χ2n) is 10.2. The quantitative estimate of drug-likeness (QED) is 0.476. The highest BCUT2D eigenvalue weighted by Gasteiger charge is 2.60. The van der Waals surface area contributed by atoms with Gasteiger partial charge in [-0.2, -0.15) is 0 Å². The Morgan fingerprint density at radius 3 is 2.30 bits per heavy atom. The number of rotatable bonds is 9. The van der Waals surface area contributed by atoms with Gasteiger partial charge in [0.25, 0.3) is 0 Å². The first-order valence-electron chi connectivity index (χ1n) is 10.5. The normalized spacial score (nSPS) is 34.5. The van der Waals surface area contributed by atoms with E-state index in [2.05, 4.69) is 0 Å². The Bertz CT molecular complexity index is 606. The van der Waals surface area contributed by atoms with Crippen LogP contribution in [0.4, 0.5) is 0 Å². The number of carboxylic acids is 1. The predicted molar refractivity (Wildman–Crippen MR) is 101 cm³/mol. The molecule has 152 valence electrons. The summed E-state index contributed by atoms with van der Waals surface area (Å²) in [7, 11) is 0. The van der Waals surface area contributed by atoms with Crippen molar-refractivity contribution in [1.29, 1.82) is 0 Å². The van der Waals surface area contributed by atoms with Crippen molar-refractivity contribution in [2.24, 2.45) is 28.1 Å². The smallest absolute Gasteiger partial charge is 0.311 e. The molecule has 0 amide bonds. The molecular weight excluding hydrogens is 344 g/mol. The van der Waals surface area contributed by atoms with Crippen molar-refractivity contribution in [3.63, 3.8) is 0 Å². The highest BCUT2D eigenvalue weighted by Crippen LogP contribution is 2.66. The molecule has 0 aliphatic heterocycles. The number of hydrogen-bond donors (Lipinski definition) is 1. The lowest BCUT2D eigenvalue weighted by atomic mass is 9.42. The lowest BCUT2D eigenvalue weighted by Gasteiger charge is -2.61. The van der Waals surface area contributed by atoms with E-state index >= 15 is 0 Å². The fraction of sp³-hybridized carbons (Fsp3) is 0.864. The van der Waals surface area contributed by atoms with Gasteiger partial charge in [0.15, 0.2) is 0 Å². The molecular formula is C22H34O5. The molecule has 0 spiro atoms. The van der Waals surface area contributed by atoms with Gasteiger partial charge in [0.2, 0.25) is 0 Å². The van der Waals surface area contributed by atoms with Crippen LogP contribution in [0.2, 0.25) is 0 Å². The molecule has 2 unspecified atom stereocenters. The lowest BCUT2D eigenvalue weighted by Crippen LogP contribution is -2.55. The van der Waals surface area contributed by atoms with Crippen LogP contribution in [0.3, 0.4) is 0 Å². The highest BCUT2D eigenvalue weighted by atomic mass is 16.5. The number of carbonyl (C=O) groups excluding carboxylic acids is 2. The molecule has 5 heteroatoms. The molecule has 4 fully saturated rings. The van der Waals surface area contributed by atoms with Gasteiger partial charge in [-0.05, 0) is 82.5 Å². The van der Waals surface area contributed by atoms with Crippen LogP contribution in [-0.4, -0.2) is 29.4 Å². The third-order valence-electron chi connectivity index (χ3n) is 7.52. The van der Waals surface area contributed by atoms with Crippen LogP contribution in [0.25, 0.3) is 0 Å². The standard InChI is InChI=1S/C22H34O5/c1-4-20(2,3)19(26)27-7-5-6-17(23)22-11-15-8-16(12-22)10-21(9-15,14-22)13-18(24)25/h15-16H,4-14H2,1-3H3,(H,24,25). The maximum atomic E-state index is 13.1. The third-order valence-corrected chi connectivity index (χ3v) is 7.52. The number of ether oxygens (including phenoxy) is 1. The van der Waals surface area contributed by atoms with Crippen LogP contribution in [-0.2, 0) is 19.1 Å². The van der Waals surface area contributed by atoms with Crippen molar-refractivity contribution in [1.82, 2.24) is 0 Å². The molecule has 0 saturated heterocycles. The number of Topliss-reactive ketones (excluding diaryl/α,β-unsaturated/α-hetero) is 1. The van der Waals surface area contributed by atoms with E-state index in [-0.39, 0.29) is 35.6 Å². The summed E-state index contributed by atoms with van der Waals surface area (Å²) in [6.07, 6.45) is 7.68. The Hall–Kier alpha value is -1.39. The van der Waals surface area contributed by atoms with Gasteiger partial charge in [0, 0.05) is 11.8 Å². The Kier molecular flexibility index (Phi) is 5.44. The Labute approximate surface area is 162 Å². The largest absolute Gasteiger partial charge is 0.481 e. The van der Waals surface area contributed by atoms with Crippen molar-refractivity contribution < 1.29 is 24.2 Å². The van der Waals surface area contributed by atoms with Gasteiger partial charge in [-0.1, -0.05) is 6.92 Å². The maximum Gasteiger partial charge on any atom is 0.311 e. The number of esters is 1. The van der Waals surface area contributed by atoms with E-state index in [0.29, 0.717) is 24.7 Å². The van der Waals surface area contributed by atoms with Crippen molar-refractivity contribution in [2.75, 3.05) is 6.61 Å². The minimum Gasteiger partial charge on any atom is -0.481 e. The number of aliphatic carboxylic acids is 1. The molecule has 0 aromatic carbocycles. The van der Waals surface area contributed by atoms with Gasteiger partial charge in [-0.3, -0.25) is 14.4 Å². The minimum absolute atomic E-state index is 0.163. The summed E-state index contributed by atoms with van der Waals surface area (Å²) in [5.41, 5.74) is -0.956. The molecule has 4 bridgehead atoms. The molecule has 4 aliphatic carbocycles. The fourth-order valence-electron chi connectivity index (χ4n) is 6.31. The average molecular weight is 379 g/mol. The number of carbonyl (C=O) groups is 3. The Morgan fingerprint density at radius 1 is 1.11 bits per heavy atom. The highest BCUT2D eigenvalue weighted by molar-refractivity contribution is 5.85. The van der Waals surface area contributed by atoms with Crippen LogP contribution in [0.15, 0.2) is 0 Å². The molecule has 27 heavy (non-hydrogen) atoms. The molecule has 0 heterocycles. The number of ketones is 1. The predicted octanol–water partition coefficient (Wildman–Crippen LogP) is 4.38. The molecule has 0 radical (unpaired) electrons. The molecule has 0 aromatic rings. The summed E-state index contributed by atoms with van der Waals surface area (Å²) in [5, 5.41) is 9.37. The van der Waals surface area contributed by atoms with E-state index in [1.165, 1.54) is 6.42 Å². The molecule has 0 aromatic heterocycles. The number of carboxylic acid groups (broad SMARTS) is 1. The van der Waals surface area contributed by atoms with Crippen molar-refractivity contribution in [3.05, 3.63) is 0 Å². The minimum atomic E-state index is -0.731. The summed E-state index contributed by atoms with van der Waals surface area (Å²) >= 11 is 0. The molecule has 1 N–H and O–H groups in total. The second-order valence-corrected chi connectivity index (χ2v) is 10.2. The first kappa shape index (κ1) is 20.3. The van der Waals surface area contributed by atoms with Gasteiger partial charge in [0.05, 0.1) is 18.4 Å². The fourth-order valence-corrected chi connectivity index (χ4v) is 6.31. The summed E-state index contributed by atoms with van der Waals surface area (Å²) in [6.45, 7) is 6.00. The first-order valence-corrected chi connectivity index (χ1v) is 10.5. The van der Waals surface area contributed by atoms with E-state index in [4.69, 9.17) is 4.74 Å². The van der Waals surface area contributed by atoms with Gasteiger partial charge < -0.3 is 9.84 Å². The Balaban J connectivity index is 1.57. The lowest BCUT2D eigenvalue weighted by molar-refractivity contribution is -0.164. The van der Waals surface area contributed by atoms with E-state index in [0.717, 1.165) is 38.5 Å². The molecule has 4 rings (SSSR count). The van der Waals surface area contributed by atoms with Crippen molar-refractivity contribution >= 4 is 17.7 Å². The zero-order chi connectivity index (χ0) is 19.9. The van der Waals surface area contributed by atoms with Gasteiger partial charge >= 0.3 is 11.9 Å². The maximum absolute atomic E-state index is 13.1. The Morgan fingerprint density at radius 2 is 1.74 bits per heavy atom. The molecule has 5 nitrogen and oxygen atoms in total. The van der Waals surface area contributed by atoms with Crippen LogP contribution in [0.5, 0.6) is 0 Å². The summed E-state index contributed by atoms with van der Waals surface area (Å²) in [4.78, 5) is 36.6. The van der Waals surface area contributed by atoms with E-state index in [9.17, 15) is 19.5 Å². The van der Waals surface area contributed by atoms with Crippen LogP contribution in [0, 0.1) is 28.1 Å². The van der Waals surface area contributed by atoms with E-state index in [1.807, 2.05) is 20.8 Å². The topological polar surface area (TPSA) is 80.7 Å². The van der Waals surface area contributed by atoms with Gasteiger partial charge in [0.1, 0.15) is 5.78 Å². The summed E-state index contributed by atoms with van der Waals surface area (Å²) in [5.74, 6) is 0.366. The third kappa shape index (κ3) is 4.07. The molecule has 4 saturated carbocycles. The SMILES string of the molecule is CCC(C)(C)C(=O)OCCCC(=O)C12CC3CC(CC(CC(=O)O)(C3)C1)C2. The molecule has 4 aliphatic rings. The molecule has 2 atom stereocenters. The monoisotopic (exact) mass is 378 g/mol. The summed E-state index contributed by atoms with van der Waals surface area (Å²) < 4.78 is 5.37. The van der Waals surface area contributed by atoms with Crippen LogP contribution >= 0.6 is 0 Å². The first-order chi connectivity index (χ1) is 12.6. The van der Waals surface area contributed by atoms with E-state index < -0.39 is 11.4 Å². The average Bonchev–Trinajstić information content (AvgIpc) is 2.55. The number of hydrogen-bond acceptors (Lipinski definition) is 4. The van der Waals surface area contributed by atoms with Gasteiger partial charge in [-0.15, -0.1) is 0 Å². The summed E-state index contributed by atoms with van der Waals surface area (Å²) in [6, 6.07) is 0. The van der Waals surface area contributed by atoms with Gasteiger partial charge in [-0.25, -0.2) is 0 Å². The second kappa shape index (κ2) is 7.21. The van der Waals surface area contributed by atoms with Crippen molar-refractivity contribution in [2.45, 2.75) is 85.0 Å². The zero-order valence-corrected chi connectivity index (χ0v) is 17.0. The zero-order valence-electron chi connectivity index (χ0n) is 17.0. The van der Waals surface area contributed by atoms with Crippen LogP contribution in [0.1, 0.15) is 85.0 Å².